The molecule has 2 saturated carbocycles. The van der Waals surface area contributed by atoms with E-state index < -0.39 is 0 Å². The molecular formula is C12H21N3. The van der Waals surface area contributed by atoms with Gasteiger partial charge in [0.1, 0.15) is 0 Å². The highest BCUT2D eigenvalue weighted by atomic mass is 15.3. The Morgan fingerprint density at radius 3 is 2.80 bits per heavy atom. The Balaban J connectivity index is 1.57. The summed E-state index contributed by atoms with van der Waals surface area (Å²) in [4.78, 5) is 6.72. The van der Waals surface area contributed by atoms with Crippen LogP contribution in [0, 0.1) is 11.3 Å². The molecule has 0 aromatic carbocycles. The normalized spacial score (nSPS) is 38.6. The van der Waals surface area contributed by atoms with E-state index in [2.05, 4.69) is 22.3 Å². The molecule has 2 aliphatic carbocycles. The third-order valence-corrected chi connectivity index (χ3v) is 4.57. The number of hydrogen-bond donors (Lipinski definition) is 1. The number of nitrogens with one attached hydrogen (secondary N) is 1. The fourth-order valence-corrected chi connectivity index (χ4v) is 3.55. The van der Waals surface area contributed by atoms with Crippen LogP contribution in [0.3, 0.4) is 0 Å². The zero-order valence-corrected chi connectivity index (χ0v) is 9.63. The molecule has 0 atom stereocenters. The molecule has 0 aromatic rings. The topological polar surface area (TPSA) is 27.6 Å². The lowest BCUT2D eigenvalue weighted by Crippen LogP contribution is -2.41. The van der Waals surface area contributed by atoms with Crippen molar-refractivity contribution in [1.29, 1.82) is 0 Å². The van der Waals surface area contributed by atoms with Gasteiger partial charge in [-0.3, -0.25) is 4.99 Å². The van der Waals surface area contributed by atoms with Crippen molar-refractivity contribution < 1.29 is 0 Å². The van der Waals surface area contributed by atoms with E-state index in [0.717, 1.165) is 31.5 Å². The van der Waals surface area contributed by atoms with E-state index in [1.165, 1.54) is 32.1 Å². The standard InChI is InChI=1S/C12H21N3/c1-15-7-6-13-11(15)14-9-12-4-2-10(8-12)3-5-12/h10H,2-9H2,1H3,(H,13,14). The summed E-state index contributed by atoms with van der Waals surface area (Å²) in [5.74, 6) is 2.18. The predicted molar refractivity (Wildman–Crippen MR) is 61.9 cm³/mol. The van der Waals surface area contributed by atoms with E-state index in [4.69, 9.17) is 0 Å². The van der Waals surface area contributed by atoms with Crippen molar-refractivity contribution in [2.45, 2.75) is 32.1 Å². The van der Waals surface area contributed by atoms with Gasteiger partial charge in [0, 0.05) is 20.1 Å². The van der Waals surface area contributed by atoms with Crippen LogP contribution in [0.2, 0.25) is 0 Å². The highest BCUT2D eigenvalue weighted by Crippen LogP contribution is 2.53. The third kappa shape index (κ3) is 1.62. The van der Waals surface area contributed by atoms with Crippen LogP contribution in [0.5, 0.6) is 0 Å². The maximum Gasteiger partial charge on any atom is 0.193 e. The largest absolute Gasteiger partial charge is 0.356 e. The molecule has 1 N–H and O–H groups in total. The Hall–Kier alpha value is -0.730. The summed E-state index contributed by atoms with van der Waals surface area (Å²) in [6, 6.07) is 0. The van der Waals surface area contributed by atoms with E-state index >= 15 is 0 Å². The smallest absolute Gasteiger partial charge is 0.193 e. The zero-order valence-electron chi connectivity index (χ0n) is 9.63. The second-order valence-electron chi connectivity index (χ2n) is 5.63. The molecule has 15 heavy (non-hydrogen) atoms. The number of nitrogens with zero attached hydrogens (tertiary/aromatic N) is 2. The molecule has 0 unspecified atom stereocenters. The fourth-order valence-electron chi connectivity index (χ4n) is 3.55. The summed E-state index contributed by atoms with van der Waals surface area (Å²) >= 11 is 0. The van der Waals surface area contributed by atoms with E-state index in [1.54, 1.807) is 0 Å². The molecule has 0 saturated heterocycles. The number of fused-ring (bicyclic) bond motifs is 2. The number of likely N-dealkylation sites (N-methyl/N-ethyl adjacent to an activating group) is 1. The Kier molecular flexibility index (Phi) is 2.15. The summed E-state index contributed by atoms with van der Waals surface area (Å²) < 4.78 is 0. The quantitative estimate of drug-likeness (QED) is 0.742. The van der Waals surface area contributed by atoms with Gasteiger partial charge in [0.05, 0.1) is 6.54 Å². The minimum atomic E-state index is 0.636. The lowest BCUT2D eigenvalue weighted by Gasteiger charge is -2.28. The molecule has 1 heterocycles. The van der Waals surface area contributed by atoms with Crippen LogP contribution in [-0.2, 0) is 0 Å². The number of guanidine groups is 1. The van der Waals surface area contributed by atoms with Gasteiger partial charge in [0.15, 0.2) is 5.96 Å². The molecule has 84 valence electrons. The molecule has 0 aromatic heterocycles. The first-order valence-electron chi connectivity index (χ1n) is 6.27. The highest BCUT2D eigenvalue weighted by molar-refractivity contribution is 5.81. The first-order chi connectivity index (χ1) is 7.27. The van der Waals surface area contributed by atoms with Crippen LogP contribution in [0.25, 0.3) is 0 Å². The van der Waals surface area contributed by atoms with Crippen molar-refractivity contribution in [2.24, 2.45) is 16.3 Å². The van der Waals surface area contributed by atoms with Crippen LogP contribution in [0.15, 0.2) is 4.99 Å². The highest BCUT2D eigenvalue weighted by Gasteiger charge is 2.44. The molecule has 2 fully saturated rings. The van der Waals surface area contributed by atoms with Gasteiger partial charge in [-0.25, -0.2) is 0 Å². The summed E-state index contributed by atoms with van der Waals surface area (Å²) in [6.07, 6.45) is 7.31. The van der Waals surface area contributed by atoms with Crippen molar-refractivity contribution in [2.75, 3.05) is 26.7 Å². The summed E-state index contributed by atoms with van der Waals surface area (Å²) in [5, 5.41) is 3.57. The predicted octanol–water partition coefficient (Wildman–Crippen LogP) is 1.46. The molecule has 3 heteroatoms. The van der Waals surface area contributed by atoms with E-state index in [0.29, 0.717) is 5.41 Å². The van der Waals surface area contributed by atoms with Crippen molar-refractivity contribution >= 4 is 5.96 Å². The summed E-state index contributed by atoms with van der Waals surface area (Å²) in [5.41, 5.74) is 0.636. The monoisotopic (exact) mass is 207 g/mol. The van der Waals surface area contributed by atoms with Crippen LogP contribution < -0.4 is 5.32 Å². The van der Waals surface area contributed by atoms with Gasteiger partial charge >= 0.3 is 0 Å². The Labute approximate surface area is 91.9 Å². The van der Waals surface area contributed by atoms with Crippen LogP contribution in [0.4, 0.5) is 0 Å². The average molecular weight is 207 g/mol. The summed E-state index contributed by atoms with van der Waals surface area (Å²) in [6.45, 7) is 3.21. The maximum atomic E-state index is 4.49. The van der Waals surface area contributed by atoms with Crippen molar-refractivity contribution in [3.05, 3.63) is 0 Å². The van der Waals surface area contributed by atoms with Crippen molar-refractivity contribution in [3.63, 3.8) is 0 Å². The van der Waals surface area contributed by atoms with Gasteiger partial charge in [0.2, 0.25) is 0 Å². The van der Waals surface area contributed by atoms with E-state index in [1.807, 2.05) is 0 Å². The summed E-state index contributed by atoms with van der Waals surface area (Å²) in [7, 11) is 2.13. The Morgan fingerprint density at radius 2 is 2.27 bits per heavy atom. The maximum absolute atomic E-state index is 4.49. The van der Waals surface area contributed by atoms with Crippen LogP contribution >= 0.6 is 0 Å². The second kappa shape index (κ2) is 3.39. The SMILES string of the molecule is CN1CCN=C1NCC12CCC(CC1)C2. The molecule has 0 amide bonds. The minimum absolute atomic E-state index is 0.636. The Bertz CT molecular complexity index is 277. The van der Waals surface area contributed by atoms with Crippen molar-refractivity contribution in [3.8, 4) is 0 Å². The number of aliphatic imine (C=N–C) groups is 1. The molecule has 3 rings (SSSR count). The van der Waals surface area contributed by atoms with Gasteiger partial charge in [-0.15, -0.1) is 0 Å². The fraction of sp³-hybridized carbons (Fsp3) is 0.917. The molecule has 3 aliphatic rings. The second-order valence-corrected chi connectivity index (χ2v) is 5.63. The van der Waals surface area contributed by atoms with Crippen LogP contribution in [-0.4, -0.2) is 37.5 Å². The molecule has 0 spiro atoms. The molecule has 3 nitrogen and oxygen atoms in total. The average Bonchev–Trinajstić information content (AvgIpc) is 2.90. The van der Waals surface area contributed by atoms with Gasteiger partial charge in [-0.05, 0) is 43.4 Å². The zero-order chi connectivity index (χ0) is 10.3. The van der Waals surface area contributed by atoms with E-state index in [-0.39, 0.29) is 0 Å². The van der Waals surface area contributed by atoms with Gasteiger partial charge in [0.25, 0.3) is 0 Å². The first kappa shape index (κ1) is 9.49. The molecule has 2 bridgehead atoms. The molecule has 0 radical (unpaired) electrons. The minimum Gasteiger partial charge on any atom is -0.356 e. The van der Waals surface area contributed by atoms with Gasteiger partial charge < -0.3 is 10.2 Å². The number of rotatable bonds is 2. The van der Waals surface area contributed by atoms with E-state index in [9.17, 15) is 0 Å². The third-order valence-electron chi connectivity index (χ3n) is 4.57. The first-order valence-corrected chi connectivity index (χ1v) is 6.27. The lowest BCUT2D eigenvalue weighted by molar-refractivity contribution is 0.291. The Morgan fingerprint density at radius 1 is 1.47 bits per heavy atom. The van der Waals surface area contributed by atoms with Crippen LogP contribution in [0.1, 0.15) is 32.1 Å². The molecular weight excluding hydrogens is 186 g/mol. The lowest BCUT2D eigenvalue weighted by atomic mass is 9.84. The number of hydrogen-bond acceptors (Lipinski definition) is 3. The molecule has 1 aliphatic heterocycles. The van der Waals surface area contributed by atoms with Gasteiger partial charge in [-0.2, -0.15) is 0 Å². The van der Waals surface area contributed by atoms with Crippen molar-refractivity contribution in [1.82, 2.24) is 10.2 Å². The van der Waals surface area contributed by atoms with Gasteiger partial charge in [-0.1, -0.05) is 0 Å².